The van der Waals surface area contributed by atoms with E-state index in [4.69, 9.17) is 5.26 Å². The number of nitriles is 1. The highest BCUT2D eigenvalue weighted by Crippen LogP contribution is 2.17. The van der Waals surface area contributed by atoms with Crippen LogP contribution in [0.2, 0.25) is 0 Å². The van der Waals surface area contributed by atoms with Gasteiger partial charge in [0.05, 0.1) is 6.07 Å². The van der Waals surface area contributed by atoms with Gasteiger partial charge in [0.2, 0.25) is 0 Å². The average molecular weight is 265 g/mol. The summed E-state index contributed by atoms with van der Waals surface area (Å²) in [6, 6.07) is 10.0. The summed E-state index contributed by atoms with van der Waals surface area (Å²) in [4.78, 5) is 0. The van der Waals surface area contributed by atoms with Crippen LogP contribution in [0.4, 0.5) is 0 Å². The zero-order chi connectivity index (χ0) is 13.0. The second-order valence-electron chi connectivity index (χ2n) is 4.20. The molecule has 2 rings (SSSR count). The van der Waals surface area contributed by atoms with Gasteiger partial charge in [-0.1, -0.05) is 30.3 Å². The van der Waals surface area contributed by atoms with E-state index in [0.29, 0.717) is 18.7 Å². The third kappa shape index (κ3) is 2.88. The third-order valence-corrected chi connectivity index (χ3v) is 4.51. The van der Waals surface area contributed by atoms with Gasteiger partial charge >= 0.3 is 0 Å². The van der Waals surface area contributed by atoms with E-state index in [9.17, 15) is 8.42 Å². The second kappa shape index (κ2) is 5.48. The fourth-order valence-corrected chi connectivity index (χ4v) is 3.34. The maximum absolute atomic E-state index is 12.0. The third-order valence-electron chi connectivity index (χ3n) is 2.93. The van der Waals surface area contributed by atoms with Crippen molar-refractivity contribution in [2.24, 2.45) is 0 Å². The van der Waals surface area contributed by atoms with Crippen LogP contribution in [0.5, 0.6) is 0 Å². The van der Waals surface area contributed by atoms with E-state index < -0.39 is 16.3 Å². The molecule has 1 saturated heterocycles. The molecule has 0 aromatic heterocycles. The van der Waals surface area contributed by atoms with E-state index in [1.807, 2.05) is 12.1 Å². The van der Waals surface area contributed by atoms with Crippen LogP contribution in [0.1, 0.15) is 24.4 Å². The van der Waals surface area contributed by atoms with Crippen molar-refractivity contribution in [3.63, 3.8) is 0 Å². The van der Waals surface area contributed by atoms with Crippen LogP contribution >= 0.6 is 0 Å². The quantitative estimate of drug-likeness (QED) is 0.888. The van der Waals surface area contributed by atoms with Crippen LogP contribution in [-0.4, -0.2) is 25.8 Å². The molecule has 0 aliphatic carbocycles. The van der Waals surface area contributed by atoms with Crippen LogP contribution in [-0.2, 0) is 10.2 Å². The van der Waals surface area contributed by atoms with Crippen molar-refractivity contribution in [2.75, 3.05) is 13.1 Å². The summed E-state index contributed by atoms with van der Waals surface area (Å²) in [5.74, 6) is 0. The van der Waals surface area contributed by atoms with E-state index in [1.54, 1.807) is 24.3 Å². The molecular weight excluding hydrogens is 250 g/mol. The van der Waals surface area contributed by atoms with Crippen molar-refractivity contribution in [3.8, 4) is 6.07 Å². The molecule has 0 saturated carbocycles. The van der Waals surface area contributed by atoms with Gasteiger partial charge < -0.3 is 0 Å². The van der Waals surface area contributed by atoms with Crippen LogP contribution in [0, 0.1) is 11.3 Å². The van der Waals surface area contributed by atoms with E-state index in [-0.39, 0.29) is 0 Å². The average Bonchev–Trinajstić information content (AvgIpc) is 2.92. The predicted molar refractivity (Wildman–Crippen MR) is 67.7 cm³/mol. The van der Waals surface area contributed by atoms with Crippen LogP contribution in [0.3, 0.4) is 0 Å². The normalized spacial score (nSPS) is 18.4. The molecule has 1 aromatic carbocycles. The molecule has 1 aliphatic heterocycles. The summed E-state index contributed by atoms with van der Waals surface area (Å²) >= 11 is 0. The summed E-state index contributed by atoms with van der Waals surface area (Å²) in [7, 11) is -3.56. The Labute approximate surface area is 107 Å². The Morgan fingerprint density at radius 3 is 2.39 bits per heavy atom. The lowest BCUT2D eigenvalue weighted by Crippen LogP contribution is -2.40. The first-order chi connectivity index (χ1) is 8.63. The zero-order valence-electron chi connectivity index (χ0n) is 9.91. The molecule has 96 valence electrons. The van der Waals surface area contributed by atoms with Gasteiger partial charge in [-0.25, -0.2) is 0 Å². The van der Waals surface area contributed by atoms with Crippen LogP contribution < -0.4 is 4.72 Å². The summed E-state index contributed by atoms with van der Waals surface area (Å²) in [6.45, 7) is 1.06. The SMILES string of the molecule is N#CC(NS(=O)(=O)N1CCCC1)c1ccccc1. The summed E-state index contributed by atoms with van der Waals surface area (Å²) in [5.41, 5.74) is 0.655. The predicted octanol–water partition coefficient (Wildman–Crippen LogP) is 1.18. The first-order valence-corrected chi connectivity index (χ1v) is 7.29. The van der Waals surface area contributed by atoms with Crippen molar-refractivity contribution in [1.29, 1.82) is 5.26 Å². The van der Waals surface area contributed by atoms with Crippen molar-refractivity contribution < 1.29 is 8.42 Å². The summed E-state index contributed by atoms with van der Waals surface area (Å²) < 4.78 is 27.9. The van der Waals surface area contributed by atoms with Gasteiger partial charge in [-0.05, 0) is 18.4 Å². The molecule has 0 amide bonds. The van der Waals surface area contributed by atoms with Crippen molar-refractivity contribution in [1.82, 2.24) is 9.03 Å². The molecule has 1 N–H and O–H groups in total. The van der Waals surface area contributed by atoms with E-state index >= 15 is 0 Å². The van der Waals surface area contributed by atoms with Crippen molar-refractivity contribution in [2.45, 2.75) is 18.9 Å². The smallest absolute Gasteiger partial charge is 0.196 e. The van der Waals surface area contributed by atoms with Gasteiger partial charge in [-0.2, -0.15) is 22.7 Å². The molecular formula is C12H15N3O2S. The Bertz CT molecular complexity index is 530. The lowest BCUT2D eigenvalue weighted by Gasteiger charge is -2.19. The molecule has 5 nitrogen and oxygen atoms in total. The van der Waals surface area contributed by atoms with Gasteiger partial charge in [0.1, 0.15) is 6.04 Å². The maximum atomic E-state index is 12.0. The standard InChI is InChI=1S/C12H15N3O2S/c13-10-12(11-6-2-1-3-7-11)14-18(16,17)15-8-4-5-9-15/h1-3,6-7,12,14H,4-5,8-9H2. The molecule has 0 radical (unpaired) electrons. The zero-order valence-corrected chi connectivity index (χ0v) is 10.7. The Balaban J connectivity index is 2.14. The number of nitrogens with zero attached hydrogens (tertiary/aromatic N) is 2. The molecule has 1 aromatic rings. The molecule has 1 heterocycles. The Morgan fingerprint density at radius 2 is 1.83 bits per heavy atom. The topological polar surface area (TPSA) is 73.2 Å². The van der Waals surface area contributed by atoms with Gasteiger partial charge in [0, 0.05) is 13.1 Å². The molecule has 0 bridgehead atoms. The molecule has 1 atom stereocenters. The van der Waals surface area contributed by atoms with Gasteiger partial charge in [0.25, 0.3) is 10.2 Å². The monoisotopic (exact) mass is 265 g/mol. The van der Waals surface area contributed by atoms with Gasteiger partial charge in [-0.15, -0.1) is 0 Å². The maximum Gasteiger partial charge on any atom is 0.280 e. The molecule has 1 fully saturated rings. The molecule has 0 spiro atoms. The highest BCUT2D eigenvalue weighted by molar-refractivity contribution is 7.87. The van der Waals surface area contributed by atoms with E-state index in [0.717, 1.165) is 12.8 Å². The lowest BCUT2D eigenvalue weighted by atomic mass is 10.1. The number of rotatable bonds is 4. The minimum Gasteiger partial charge on any atom is -0.196 e. The Hall–Kier alpha value is -1.42. The molecule has 6 heteroatoms. The minimum absolute atomic E-state index is 0.530. The van der Waals surface area contributed by atoms with E-state index in [2.05, 4.69) is 4.72 Å². The Kier molecular flexibility index (Phi) is 3.97. The first kappa shape index (κ1) is 13.0. The number of hydrogen-bond donors (Lipinski definition) is 1. The van der Waals surface area contributed by atoms with Crippen LogP contribution in [0.15, 0.2) is 30.3 Å². The number of nitrogens with one attached hydrogen (secondary N) is 1. The van der Waals surface area contributed by atoms with Gasteiger partial charge in [-0.3, -0.25) is 0 Å². The number of hydrogen-bond acceptors (Lipinski definition) is 3. The highest BCUT2D eigenvalue weighted by atomic mass is 32.2. The highest BCUT2D eigenvalue weighted by Gasteiger charge is 2.28. The fourth-order valence-electron chi connectivity index (χ4n) is 1.97. The van der Waals surface area contributed by atoms with Crippen LogP contribution in [0.25, 0.3) is 0 Å². The van der Waals surface area contributed by atoms with Gasteiger partial charge in [0.15, 0.2) is 0 Å². The largest absolute Gasteiger partial charge is 0.280 e. The molecule has 1 unspecified atom stereocenters. The Morgan fingerprint density at radius 1 is 1.22 bits per heavy atom. The van der Waals surface area contributed by atoms with E-state index in [1.165, 1.54) is 4.31 Å². The number of benzene rings is 1. The minimum atomic E-state index is -3.56. The molecule has 1 aliphatic rings. The second-order valence-corrected chi connectivity index (χ2v) is 5.90. The van der Waals surface area contributed by atoms with Crippen molar-refractivity contribution >= 4 is 10.2 Å². The first-order valence-electron chi connectivity index (χ1n) is 5.85. The summed E-state index contributed by atoms with van der Waals surface area (Å²) in [6.07, 6.45) is 1.76. The van der Waals surface area contributed by atoms with Crippen molar-refractivity contribution in [3.05, 3.63) is 35.9 Å². The molecule has 18 heavy (non-hydrogen) atoms. The summed E-state index contributed by atoms with van der Waals surface area (Å²) in [5, 5.41) is 9.09. The lowest BCUT2D eigenvalue weighted by molar-refractivity contribution is 0.461. The fraction of sp³-hybridized carbons (Fsp3) is 0.417.